The minimum atomic E-state index is -0.270. The Morgan fingerprint density at radius 3 is 2.95 bits per heavy atom. The maximum atomic E-state index is 10.7. The summed E-state index contributed by atoms with van der Waals surface area (Å²) in [6.07, 6.45) is 5.49. The van der Waals surface area contributed by atoms with Gasteiger partial charge in [0, 0.05) is 18.0 Å². The second kappa shape index (κ2) is 5.44. The third kappa shape index (κ3) is 3.05. The molecule has 1 aromatic rings. The van der Waals surface area contributed by atoms with Crippen LogP contribution in [0.3, 0.4) is 0 Å². The zero-order valence-electron chi connectivity index (χ0n) is 10.4. The molecule has 1 fully saturated rings. The Morgan fingerprint density at radius 1 is 1.58 bits per heavy atom. The molecule has 1 aliphatic rings. The van der Waals surface area contributed by atoms with Gasteiger partial charge in [0.2, 0.25) is 0 Å². The quantitative estimate of drug-likeness (QED) is 0.637. The second-order valence-corrected chi connectivity index (χ2v) is 4.55. The van der Waals surface area contributed by atoms with Crippen LogP contribution < -0.4 is 5.73 Å². The number of rotatable bonds is 5. The van der Waals surface area contributed by atoms with Crippen LogP contribution in [0.4, 0.5) is 0 Å². The monoisotopic (exact) mass is 254 g/mol. The minimum absolute atomic E-state index is 0.270. The first-order chi connectivity index (χ1) is 9.23. The number of nitrogens with zero attached hydrogens (tertiary/aromatic N) is 3. The van der Waals surface area contributed by atoms with Crippen LogP contribution in [-0.4, -0.2) is 24.0 Å². The molecular weight excluding hydrogens is 240 g/mol. The zero-order valence-corrected chi connectivity index (χ0v) is 10.4. The summed E-state index contributed by atoms with van der Waals surface area (Å²) in [5.41, 5.74) is 6.86. The number of aldehydes is 1. The number of carbonyl (C=O) groups excluding carboxylic acids is 1. The molecule has 0 aromatic carbocycles. The molecule has 0 saturated heterocycles. The predicted octanol–water partition coefficient (Wildman–Crippen LogP) is 1.57. The normalized spacial score (nSPS) is 17.1. The van der Waals surface area contributed by atoms with Gasteiger partial charge in [0.05, 0.1) is 23.7 Å². The number of aliphatic imine (C=N–C) groups is 1. The van der Waals surface area contributed by atoms with Gasteiger partial charge in [-0.1, -0.05) is 6.07 Å². The molecule has 0 atom stereocenters. The van der Waals surface area contributed by atoms with E-state index in [1.165, 1.54) is 6.20 Å². The molecule has 5 nitrogen and oxygen atoms in total. The van der Waals surface area contributed by atoms with E-state index < -0.39 is 0 Å². The van der Waals surface area contributed by atoms with Crippen LogP contribution in [0.1, 0.15) is 29.0 Å². The second-order valence-electron chi connectivity index (χ2n) is 4.55. The molecule has 0 unspecified atom stereocenters. The molecule has 0 spiro atoms. The van der Waals surface area contributed by atoms with Gasteiger partial charge in [-0.3, -0.25) is 9.79 Å². The summed E-state index contributed by atoms with van der Waals surface area (Å²) in [4.78, 5) is 19.1. The Bertz CT molecular complexity index is 579. The minimum Gasteiger partial charge on any atom is -0.404 e. The predicted molar refractivity (Wildman–Crippen MR) is 72.4 cm³/mol. The summed E-state index contributed by atoms with van der Waals surface area (Å²) < 4.78 is 0. The lowest BCUT2D eigenvalue weighted by atomic mass is 10.1. The molecule has 0 bridgehead atoms. The van der Waals surface area contributed by atoms with Crippen molar-refractivity contribution in [1.82, 2.24) is 4.98 Å². The summed E-state index contributed by atoms with van der Waals surface area (Å²) in [5, 5.41) is 8.95. The molecule has 0 radical (unpaired) electrons. The van der Waals surface area contributed by atoms with Gasteiger partial charge in [-0.25, -0.2) is 4.98 Å². The standard InChI is InChI=1S/C14H14N4O/c15-6-11(7-17-10-14(9-16)4-5-14)13-3-1-2-12(8-19)18-13/h1-3,6-8H,4-5,10,15H2/b11-6+,17-7?. The Labute approximate surface area is 111 Å². The van der Waals surface area contributed by atoms with Crippen LogP contribution in [-0.2, 0) is 0 Å². The lowest BCUT2D eigenvalue weighted by molar-refractivity contribution is 0.111. The maximum absolute atomic E-state index is 10.7. The summed E-state index contributed by atoms with van der Waals surface area (Å²) >= 11 is 0. The van der Waals surface area contributed by atoms with Crippen LogP contribution in [0.5, 0.6) is 0 Å². The number of aromatic nitrogens is 1. The first-order valence-electron chi connectivity index (χ1n) is 5.98. The fraction of sp³-hybridized carbons (Fsp3) is 0.286. The van der Waals surface area contributed by atoms with E-state index in [9.17, 15) is 4.79 Å². The summed E-state index contributed by atoms with van der Waals surface area (Å²) in [7, 11) is 0. The van der Waals surface area contributed by atoms with Gasteiger partial charge >= 0.3 is 0 Å². The average molecular weight is 254 g/mol. The molecule has 1 heterocycles. The van der Waals surface area contributed by atoms with Crippen molar-refractivity contribution in [3.05, 3.63) is 35.8 Å². The zero-order chi connectivity index (χ0) is 13.7. The Morgan fingerprint density at radius 2 is 2.37 bits per heavy atom. The molecule has 2 rings (SSSR count). The summed E-state index contributed by atoms with van der Waals surface area (Å²) in [6.45, 7) is 0.480. The number of nitriles is 1. The smallest absolute Gasteiger partial charge is 0.168 e. The molecule has 1 saturated carbocycles. The average Bonchev–Trinajstić information content (AvgIpc) is 3.24. The summed E-state index contributed by atoms with van der Waals surface area (Å²) in [5.74, 6) is 0. The van der Waals surface area contributed by atoms with Gasteiger partial charge in [0.1, 0.15) is 5.69 Å². The third-order valence-corrected chi connectivity index (χ3v) is 3.08. The fourth-order valence-corrected chi connectivity index (χ4v) is 1.65. The van der Waals surface area contributed by atoms with Crippen molar-refractivity contribution in [3.63, 3.8) is 0 Å². The van der Waals surface area contributed by atoms with Gasteiger partial charge in [-0.05, 0) is 25.0 Å². The first-order valence-corrected chi connectivity index (χ1v) is 5.98. The number of hydrogen-bond donors (Lipinski definition) is 1. The highest BCUT2D eigenvalue weighted by Crippen LogP contribution is 2.44. The van der Waals surface area contributed by atoms with E-state index in [2.05, 4.69) is 16.0 Å². The van der Waals surface area contributed by atoms with Gasteiger partial charge in [0.15, 0.2) is 6.29 Å². The van der Waals surface area contributed by atoms with E-state index in [1.807, 2.05) is 0 Å². The highest BCUT2D eigenvalue weighted by molar-refractivity contribution is 6.08. The van der Waals surface area contributed by atoms with Crippen LogP contribution in [0, 0.1) is 16.7 Å². The Kier molecular flexibility index (Phi) is 3.71. The van der Waals surface area contributed by atoms with E-state index >= 15 is 0 Å². The molecule has 2 N–H and O–H groups in total. The fourth-order valence-electron chi connectivity index (χ4n) is 1.65. The van der Waals surface area contributed by atoms with Crippen LogP contribution in [0.25, 0.3) is 5.57 Å². The van der Waals surface area contributed by atoms with Crippen molar-refractivity contribution in [2.75, 3.05) is 6.54 Å². The highest BCUT2D eigenvalue weighted by Gasteiger charge is 2.42. The number of hydrogen-bond acceptors (Lipinski definition) is 5. The van der Waals surface area contributed by atoms with Crippen molar-refractivity contribution < 1.29 is 4.79 Å². The van der Waals surface area contributed by atoms with E-state index in [0.717, 1.165) is 12.8 Å². The van der Waals surface area contributed by atoms with Crippen molar-refractivity contribution in [2.24, 2.45) is 16.1 Å². The molecular formula is C14H14N4O. The number of pyridine rings is 1. The Hall–Kier alpha value is -2.48. The molecule has 1 aromatic heterocycles. The molecule has 19 heavy (non-hydrogen) atoms. The topological polar surface area (TPSA) is 92.1 Å². The lowest BCUT2D eigenvalue weighted by Crippen LogP contribution is -2.02. The molecule has 1 aliphatic carbocycles. The molecule has 5 heteroatoms. The van der Waals surface area contributed by atoms with Crippen molar-refractivity contribution >= 4 is 18.1 Å². The SMILES string of the molecule is N#CC1(CN=C/C(=C\N)c2cccc(C=O)n2)CC1. The van der Waals surface area contributed by atoms with Crippen molar-refractivity contribution in [1.29, 1.82) is 5.26 Å². The number of allylic oxidation sites excluding steroid dienone is 1. The van der Waals surface area contributed by atoms with E-state index in [-0.39, 0.29) is 5.41 Å². The van der Waals surface area contributed by atoms with Gasteiger partial charge in [0.25, 0.3) is 0 Å². The largest absolute Gasteiger partial charge is 0.404 e. The third-order valence-electron chi connectivity index (χ3n) is 3.08. The van der Waals surface area contributed by atoms with E-state index in [4.69, 9.17) is 11.0 Å². The lowest BCUT2D eigenvalue weighted by Gasteiger charge is -2.02. The molecule has 0 amide bonds. The van der Waals surface area contributed by atoms with E-state index in [0.29, 0.717) is 29.8 Å². The van der Waals surface area contributed by atoms with Crippen molar-refractivity contribution in [3.8, 4) is 6.07 Å². The number of nitrogens with two attached hydrogens (primary N) is 1. The van der Waals surface area contributed by atoms with E-state index in [1.54, 1.807) is 24.4 Å². The van der Waals surface area contributed by atoms with Crippen LogP contribution in [0.15, 0.2) is 29.4 Å². The summed E-state index contributed by atoms with van der Waals surface area (Å²) in [6, 6.07) is 7.39. The van der Waals surface area contributed by atoms with Gasteiger partial charge in [-0.15, -0.1) is 0 Å². The van der Waals surface area contributed by atoms with Gasteiger partial charge < -0.3 is 5.73 Å². The Balaban J connectivity index is 2.10. The molecule has 0 aliphatic heterocycles. The van der Waals surface area contributed by atoms with Crippen LogP contribution in [0.2, 0.25) is 0 Å². The highest BCUT2D eigenvalue weighted by atomic mass is 16.1. The molecule has 96 valence electrons. The van der Waals surface area contributed by atoms with Crippen molar-refractivity contribution in [2.45, 2.75) is 12.8 Å². The first kappa shape index (κ1) is 13.0. The maximum Gasteiger partial charge on any atom is 0.168 e. The van der Waals surface area contributed by atoms with Crippen LogP contribution >= 0.6 is 0 Å². The van der Waals surface area contributed by atoms with Gasteiger partial charge in [-0.2, -0.15) is 5.26 Å². The number of carbonyl (C=O) groups is 1.